The molecule has 3 fully saturated rings. The minimum Gasteiger partial charge on any atom is -0.465 e. The van der Waals surface area contributed by atoms with Crippen molar-refractivity contribution in [1.29, 1.82) is 0 Å². The number of carbonyl (C=O) groups is 2. The van der Waals surface area contributed by atoms with E-state index in [1.165, 1.54) is 38.8 Å². The Morgan fingerprint density at radius 1 is 0.966 bits per heavy atom. The molecule has 2 aliphatic heterocycles. The standard InChI is InChI=1S/C22H40N4O3/c1-2-29-21(27)17-25-13-9-18(10-14-25)22(28)24-19-5-3-7-20(8-4-6-19)26-15-11-23-12-16-26/h18-20,23H,2-17H2,1H3,(H,24,28). The average molecular weight is 409 g/mol. The molecular weight excluding hydrogens is 368 g/mol. The lowest BCUT2D eigenvalue weighted by Crippen LogP contribution is -2.49. The zero-order valence-corrected chi connectivity index (χ0v) is 18.2. The summed E-state index contributed by atoms with van der Waals surface area (Å²) < 4.78 is 5.02. The van der Waals surface area contributed by atoms with E-state index in [0.717, 1.165) is 57.9 Å². The van der Waals surface area contributed by atoms with Gasteiger partial charge in [-0.15, -0.1) is 0 Å². The molecule has 0 aromatic carbocycles. The third kappa shape index (κ3) is 7.23. The average Bonchev–Trinajstić information content (AvgIpc) is 2.71. The highest BCUT2D eigenvalue weighted by Crippen LogP contribution is 2.23. The Kier molecular flexibility index (Phi) is 9.21. The van der Waals surface area contributed by atoms with Crippen LogP contribution in [-0.4, -0.2) is 86.2 Å². The lowest BCUT2D eigenvalue weighted by molar-refractivity contribution is -0.144. The number of esters is 1. The van der Waals surface area contributed by atoms with Crippen molar-refractivity contribution in [3.63, 3.8) is 0 Å². The Balaban J connectivity index is 1.35. The number of piperazine rings is 1. The van der Waals surface area contributed by atoms with E-state index in [-0.39, 0.29) is 17.8 Å². The van der Waals surface area contributed by atoms with E-state index in [0.29, 0.717) is 19.2 Å². The fraction of sp³-hybridized carbons (Fsp3) is 0.909. The van der Waals surface area contributed by atoms with E-state index in [4.69, 9.17) is 4.74 Å². The van der Waals surface area contributed by atoms with Gasteiger partial charge in [0.25, 0.3) is 0 Å². The van der Waals surface area contributed by atoms with Gasteiger partial charge in [-0.25, -0.2) is 0 Å². The highest BCUT2D eigenvalue weighted by Gasteiger charge is 2.28. The molecule has 29 heavy (non-hydrogen) atoms. The van der Waals surface area contributed by atoms with Gasteiger partial charge in [-0.2, -0.15) is 0 Å². The number of nitrogens with zero attached hydrogens (tertiary/aromatic N) is 2. The van der Waals surface area contributed by atoms with Crippen LogP contribution in [0, 0.1) is 5.92 Å². The fourth-order valence-corrected chi connectivity index (χ4v) is 5.11. The molecule has 1 saturated carbocycles. The Morgan fingerprint density at radius 3 is 2.24 bits per heavy atom. The lowest BCUT2D eigenvalue weighted by atomic mass is 9.91. The van der Waals surface area contributed by atoms with Crippen molar-refractivity contribution in [2.45, 2.75) is 70.4 Å². The van der Waals surface area contributed by atoms with Crippen LogP contribution in [0.4, 0.5) is 0 Å². The number of rotatable bonds is 6. The summed E-state index contributed by atoms with van der Waals surface area (Å²) in [6, 6.07) is 1.07. The molecule has 2 heterocycles. The van der Waals surface area contributed by atoms with Crippen molar-refractivity contribution in [2.75, 3.05) is 52.4 Å². The largest absolute Gasteiger partial charge is 0.465 e. The number of likely N-dealkylation sites (tertiary alicyclic amines) is 1. The number of amides is 1. The topological polar surface area (TPSA) is 73.9 Å². The second kappa shape index (κ2) is 11.9. The third-order valence-corrected chi connectivity index (χ3v) is 6.81. The summed E-state index contributed by atoms with van der Waals surface area (Å²) in [7, 11) is 0. The molecule has 3 aliphatic rings. The smallest absolute Gasteiger partial charge is 0.320 e. The number of hydrogen-bond donors (Lipinski definition) is 2. The van der Waals surface area contributed by atoms with Crippen LogP contribution in [0.15, 0.2) is 0 Å². The van der Waals surface area contributed by atoms with Gasteiger partial charge in [0, 0.05) is 44.2 Å². The van der Waals surface area contributed by atoms with Crippen molar-refractivity contribution in [3.8, 4) is 0 Å². The maximum Gasteiger partial charge on any atom is 0.320 e. The maximum absolute atomic E-state index is 12.8. The van der Waals surface area contributed by atoms with E-state index >= 15 is 0 Å². The van der Waals surface area contributed by atoms with Gasteiger partial charge in [0.15, 0.2) is 0 Å². The van der Waals surface area contributed by atoms with Crippen LogP contribution >= 0.6 is 0 Å². The molecule has 7 heteroatoms. The zero-order valence-electron chi connectivity index (χ0n) is 18.2. The van der Waals surface area contributed by atoms with Crippen molar-refractivity contribution < 1.29 is 14.3 Å². The highest BCUT2D eigenvalue weighted by molar-refractivity contribution is 5.79. The van der Waals surface area contributed by atoms with Crippen LogP contribution in [0.1, 0.15) is 58.3 Å². The molecule has 0 aromatic heterocycles. The van der Waals surface area contributed by atoms with Gasteiger partial charge in [-0.1, -0.05) is 0 Å². The molecule has 0 spiro atoms. The van der Waals surface area contributed by atoms with Crippen LogP contribution in [0.25, 0.3) is 0 Å². The van der Waals surface area contributed by atoms with Crippen molar-refractivity contribution in [1.82, 2.24) is 20.4 Å². The Morgan fingerprint density at radius 2 is 1.62 bits per heavy atom. The van der Waals surface area contributed by atoms with Crippen molar-refractivity contribution in [3.05, 3.63) is 0 Å². The first-order valence-electron chi connectivity index (χ1n) is 11.8. The molecule has 166 valence electrons. The van der Waals surface area contributed by atoms with Gasteiger partial charge in [-0.05, 0) is 71.4 Å². The monoisotopic (exact) mass is 408 g/mol. The van der Waals surface area contributed by atoms with E-state index in [2.05, 4.69) is 20.4 Å². The lowest BCUT2D eigenvalue weighted by Gasteiger charge is -2.37. The van der Waals surface area contributed by atoms with Crippen LogP contribution < -0.4 is 10.6 Å². The normalized spacial score (nSPS) is 28.3. The number of ether oxygens (including phenoxy) is 1. The summed E-state index contributed by atoms with van der Waals surface area (Å²) in [4.78, 5) is 29.2. The molecule has 1 amide bonds. The SMILES string of the molecule is CCOC(=O)CN1CCC(C(=O)NC2CCCC(N3CCNCC3)CCC2)CC1. The first kappa shape index (κ1) is 22.5. The summed E-state index contributed by atoms with van der Waals surface area (Å²) in [6.07, 6.45) is 8.82. The van der Waals surface area contributed by atoms with Crippen LogP contribution in [0.2, 0.25) is 0 Å². The number of carbonyl (C=O) groups excluding carboxylic acids is 2. The summed E-state index contributed by atoms with van der Waals surface area (Å²) in [6.45, 7) is 8.80. The minimum absolute atomic E-state index is 0.0903. The minimum atomic E-state index is -0.163. The quantitative estimate of drug-likeness (QED) is 0.647. The molecule has 0 bridgehead atoms. The van der Waals surface area contributed by atoms with E-state index in [1.54, 1.807) is 0 Å². The first-order chi connectivity index (χ1) is 14.2. The molecule has 3 rings (SSSR count). The van der Waals surface area contributed by atoms with Crippen molar-refractivity contribution >= 4 is 11.9 Å². The number of piperidine rings is 1. The van der Waals surface area contributed by atoms with Gasteiger partial charge < -0.3 is 15.4 Å². The van der Waals surface area contributed by atoms with Crippen LogP contribution in [-0.2, 0) is 14.3 Å². The summed E-state index contributed by atoms with van der Waals surface area (Å²) in [5.41, 5.74) is 0. The Hall–Kier alpha value is -1.18. The van der Waals surface area contributed by atoms with Crippen LogP contribution in [0.5, 0.6) is 0 Å². The zero-order chi connectivity index (χ0) is 20.5. The predicted octanol–water partition coefficient (Wildman–Crippen LogP) is 1.37. The third-order valence-electron chi connectivity index (χ3n) is 6.81. The molecule has 0 aromatic rings. The van der Waals surface area contributed by atoms with E-state index in [9.17, 15) is 9.59 Å². The molecule has 0 radical (unpaired) electrons. The van der Waals surface area contributed by atoms with Gasteiger partial charge >= 0.3 is 5.97 Å². The molecule has 0 unspecified atom stereocenters. The van der Waals surface area contributed by atoms with Crippen LogP contribution in [0.3, 0.4) is 0 Å². The Labute approximate surface area is 175 Å². The molecule has 0 atom stereocenters. The summed E-state index contributed by atoms with van der Waals surface area (Å²) in [5.74, 6) is 0.154. The molecule has 2 saturated heterocycles. The molecular formula is C22H40N4O3. The number of hydrogen-bond acceptors (Lipinski definition) is 6. The fourth-order valence-electron chi connectivity index (χ4n) is 5.11. The van der Waals surface area contributed by atoms with E-state index in [1.807, 2.05) is 6.92 Å². The second-order valence-electron chi connectivity index (χ2n) is 8.86. The highest BCUT2D eigenvalue weighted by atomic mass is 16.5. The van der Waals surface area contributed by atoms with Gasteiger partial charge in [0.1, 0.15) is 0 Å². The first-order valence-corrected chi connectivity index (χ1v) is 11.8. The van der Waals surface area contributed by atoms with E-state index < -0.39 is 0 Å². The molecule has 1 aliphatic carbocycles. The van der Waals surface area contributed by atoms with Crippen molar-refractivity contribution in [2.24, 2.45) is 5.92 Å². The van der Waals surface area contributed by atoms with Gasteiger partial charge in [-0.3, -0.25) is 19.4 Å². The predicted molar refractivity (Wildman–Crippen MR) is 114 cm³/mol. The number of nitrogens with one attached hydrogen (secondary N) is 2. The van der Waals surface area contributed by atoms with Gasteiger partial charge in [0.2, 0.25) is 5.91 Å². The second-order valence-corrected chi connectivity index (χ2v) is 8.86. The summed E-state index contributed by atoms with van der Waals surface area (Å²) >= 11 is 0. The molecule has 2 N–H and O–H groups in total. The maximum atomic E-state index is 12.8. The van der Waals surface area contributed by atoms with Gasteiger partial charge in [0.05, 0.1) is 13.2 Å². The summed E-state index contributed by atoms with van der Waals surface area (Å²) in [5, 5.41) is 6.80. The Bertz CT molecular complexity index is 506. The molecule has 7 nitrogen and oxygen atoms in total.